The van der Waals surface area contributed by atoms with Gasteiger partial charge in [0.2, 0.25) is 0 Å². The number of hydrogen-bond acceptors (Lipinski definition) is 5. The number of esters is 1. The quantitative estimate of drug-likeness (QED) is 0.520. The number of carbonyl (C=O) groups is 3. The van der Waals surface area contributed by atoms with Crippen LogP contribution >= 0.6 is 0 Å². The SMILES string of the molecule is C#CCC(NC(=O)N1CCOC(CC(=O)OC)C1)C(=O)O. The number of carbonyl (C=O) groups excluding carboxylic acids is 2. The van der Waals surface area contributed by atoms with Gasteiger partial charge in [-0.05, 0) is 0 Å². The van der Waals surface area contributed by atoms with Gasteiger partial charge in [-0.15, -0.1) is 12.3 Å². The van der Waals surface area contributed by atoms with E-state index in [-0.39, 0.29) is 26.0 Å². The third-order valence-corrected chi connectivity index (χ3v) is 2.97. The Morgan fingerprint density at radius 2 is 2.29 bits per heavy atom. The molecule has 0 saturated carbocycles. The molecule has 116 valence electrons. The van der Waals surface area contributed by atoms with Gasteiger partial charge in [-0.3, -0.25) is 4.79 Å². The Kier molecular flexibility index (Phi) is 6.49. The van der Waals surface area contributed by atoms with E-state index >= 15 is 0 Å². The number of urea groups is 1. The molecule has 8 nitrogen and oxygen atoms in total. The Labute approximate surface area is 122 Å². The van der Waals surface area contributed by atoms with Gasteiger partial charge in [-0.2, -0.15) is 0 Å². The van der Waals surface area contributed by atoms with Crippen molar-refractivity contribution in [3.8, 4) is 12.3 Å². The maximum absolute atomic E-state index is 12.0. The number of nitrogens with one attached hydrogen (secondary N) is 1. The lowest BCUT2D eigenvalue weighted by Gasteiger charge is -2.33. The maximum Gasteiger partial charge on any atom is 0.327 e. The second kappa shape index (κ2) is 8.11. The summed E-state index contributed by atoms with van der Waals surface area (Å²) >= 11 is 0. The van der Waals surface area contributed by atoms with Gasteiger partial charge in [0.05, 0.1) is 26.2 Å². The molecule has 2 amide bonds. The number of nitrogens with zero attached hydrogens (tertiary/aromatic N) is 1. The van der Waals surface area contributed by atoms with Crippen LogP contribution in [0.5, 0.6) is 0 Å². The minimum Gasteiger partial charge on any atom is -0.480 e. The Hall–Kier alpha value is -2.27. The van der Waals surface area contributed by atoms with Crippen molar-refractivity contribution < 1.29 is 29.0 Å². The van der Waals surface area contributed by atoms with E-state index in [9.17, 15) is 14.4 Å². The number of terminal acetylenes is 1. The Morgan fingerprint density at radius 1 is 1.57 bits per heavy atom. The van der Waals surface area contributed by atoms with Gasteiger partial charge in [0.15, 0.2) is 0 Å². The first-order chi connectivity index (χ1) is 9.97. The van der Waals surface area contributed by atoms with Crippen molar-refractivity contribution in [2.75, 3.05) is 26.8 Å². The number of carboxylic acids is 1. The van der Waals surface area contributed by atoms with Gasteiger partial charge in [0.1, 0.15) is 6.04 Å². The summed E-state index contributed by atoms with van der Waals surface area (Å²) in [6.07, 6.45) is 4.53. The average Bonchev–Trinajstić information content (AvgIpc) is 2.46. The van der Waals surface area contributed by atoms with E-state index < -0.39 is 30.1 Å². The zero-order valence-corrected chi connectivity index (χ0v) is 11.7. The van der Waals surface area contributed by atoms with Crippen LogP contribution in [0, 0.1) is 12.3 Å². The molecule has 2 unspecified atom stereocenters. The third-order valence-electron chi connectivity index (χ3n) is 2.97. The van der Waals surface area contributed by atoms with E-state index in [4.69, 9.17) is 16.3 Å². The van der Waals surface area contributed by atoms with Gasteiger partial charge in [0, 0.05) is 19.5 Å². The van der Waals surface area contributed by atoms with Crippen molar-refractivity contribution in [2.24, 2.45) is 0 Å². The zero-order valence-electron chi connectivity index (χ0n) is 11.7. The molecule has 1 aliphatic rings. The first-order valence-electron chi connectivity index (χ1n) is 6.38. The normalized spacial score (nSPS) is 19.2. The molecular weight excluding hydrogens is 280 g/mol. The third kappa shape index (κ3) is 5.31. The first kappa shape index (κ1) is 16.8. The fourth-order valence-electron chi connectivity index (χ4n) is 1.85. The van der Waals surface area contributed by atoms with Gasteiger partial charge >= 0.3 is 18.0 Å². The van der Waals surface area contributed by atoms with Crippen LogP contribution in [0.2, 0.25) is 0 Å². The largest absolute Gasteiger partial charge is 0.480 e. The van der Waals surface area contributed by atoms with Crippen molar-refractivity contribution in [1.29, 1.82) is 0 Å². The highest BCUT2D eigenvalue weighted by Crippen LogP contribution is 2.10. The van der Waals surface area contributed by atoms with Gasteiger partial charge in [-0.25, -0.2) is 9.59 Å². The number of aliphatic carboxylic acids is 1. The van der Waals surface area contributed by atoms with Crippen LogP contribution in [0.15, 0.2) is 0 Å². The minimum atomic E-state index is -1.19. The van der Waals surface area contributed by atoms with Crippen molar-refractivity contribution in [3.05, 3.63) is 0 Å². The van der Waals surface area contributed by atoms with E-state index in [0.29, 0.717) is 6.54 Å². The second-order valence-electron chi connectivity index (χ2n) is 4.47. The summed E-state index contributed by atoms with van der Waals surface area (Å²) < 4.78 is 9.90. The lowest BCUT2D eigenvalue weighted by Crippen LogP contribution is -2.53. The molecular formula is C13H18N2O6. The van der Waals surface area contributed by atoms with E-state index in [1.807, 2.05) is 0 Å². The predicted octanol–water partition coefficient (Wildman–Crippen LogP) is -0.564. The number of ether oxygens (including phenoxy) is 2. The molecule has 1 fully saturated rings. The summed E-state index contributed by atoms with van der Waals surface area (Å²) in [6, 6.07) is -1.68. The Bertz CT molecular complexity index is 444. The lowest BCUT2D eigenvalue weighted by molar-refractivity contribution is -0.145. The summed E-state index contributed by atoms with van der Waals surface area (Å²) in [4.78, 5) is 35.5. The standard InChI is InChI=1S/C13H18N2O6/c1-3-4-10(12(17)18)14-13(19)15-5-6-21-9(8-15)7-11(16)20-2/h1,9-10H,4-8H2,2H3,(H,14,19)(H,17,18). The fraction of sp³-hybridized carbons (Fsp3) is 0.615. The fourth-order valence-corrected chi connectivity index (χ4v) is 1.85. The molecule has 0 aliphatic carbocycles. The molecule has 21 heavy (non-hydrogen) atoms. The highest BCUT2D eigenvalue weighted by Gasteiger charge is 2.28. The van der Waals surface area contributed by atoms with Crippen LogP contribution in [0.25, 0.3) is 0 Å². The monoisotopic (exact) mass is 298 g/mol. The summed E-state index contributed by atoms with van der Waals surface area (Å²) in [5, 5.41) is 11.3. The first-order valence-corrected chi connectivity index (χ1v) is 6.38. The van der Waals surface area contributed by atoms with Gasteiger partial charge < -0.3 is 24.8 Å². The lowest BCUT2D eigenvalue weighted by atomic mass is 10.2. The van der Waals surface area contributed by atoms with Crippen molar-refractivity contribution in [2.45, 2.75) is 25.0 Å². The van der Waals surface area contributed by atoms with Crippen LogP contribution in [0.4, 0.5) is 4.79 Å². The second-order valence-corrected chi connectivity index (χ2v) is 4.47. The van der Waals surface area contributed by atoms with Crippen LogP contribution in [-0.4, -0.2) is 66.9 Å². The van der Waals surface area contributed by atoms with Crippen LogP contribution in [0.3, 0.4) is 0 Å². The molecule has 1 aliphatic heterocycles. The molecule has 1 heterocycles. The number of carboxylic acid groups (broad SMARTS) is 1. The summed E-state index contributed by atoms with van der Waals surface area (Å²) in [7, 11) is 1.27. The van der Waals surface area contributed by atoms with E-state index in [1.165, 1.54) is 12.0 Å². The summed E-state index contributed by atoms with van der Waals surface area (Å²) in [5.41, 5.74) is 0. The van der Waals surface area contributed by atoms with Crippen molar-refractivity contribution >= 4 is 18.0 Å². The minimum absolute atomic E-state index is 0.0347. The number of hydrogen-bond donors (Lipinski definition) is 2. The average molecular weight is 298 g/mol. The number of amides is 2. The summed E-state index contributed by atoms with van der Waals surface area (Å²) in [5.74, 6) is 0.574. The molecule has 1 rings (SSSR count). The molecule has 8 heteroatoms. The molecule has 2 N–H and O–H groups in total. The van der Waals surface area contributed by atoms with Gasteiger partial charge in [0.25, 0.3) is 0 Å². The van der Waals surface area contributed by atoms with E-state index in [1.54, 1.807) is 0 Å². The number of methoxy groups -OCH3 is 1. The molecule has 0 radical (unpaired) electrons. The molecule has 1 saturated heterocycles. The molecule has 2 atom stereocenters. The summed E-state index contributed by atoms with van der Waals surface area (Å²) in [6.45, 7) is 0.761. The Morgan fingerprint density at radius 3 is 2.86 bits per heavy atom. The Balaban J connectivity index is 2.55. The smallest absolute Gasteiger partial charge is 0.327 e. The number of rotatable bonds is 5. The topological polar surface area (TPSA) is 105 Å². The van der Waals surface area contributed by atoms with Crippen molar-refractivity contribution in [3.63, 3.8) is 0 Å². The zero-order chi connectivity index (χ0) is 15.8. The van der Waals surface area contributed by atoms with E-state index in [0.717, 1.165) is 0 Å². The predicted molar refractivity (Wildman–Crippen MR) is 71.4 cm³/mol. The highest BCUT2D eigenvalue weighted by atomic mass is 16.5. The van der Waals surface area contributed by atoms with Crippen LogP contribution < -0.4 is 5.32 Å². The van der Waals surface area contributed by atoms with Crippen LogP contribution in [0.1, 0.15) is 12.8 Å². The number of morpholine rings is 1. The molecule has 0 aromatic rings. The van der Waals surface area contributed by atoms with E-state index in [2.05, 4.69) is 16.0 Å². The molecule has 0 spiro atoms. The highest BCUT2D eigenvalue weighted by molar-refractivity contribution is 5.83. The maximum atomic E-state index is 12.0. The molecule has 0 aromatic carbocycles. The van der Waals surface area contributed by atoms with Crippen LogP contribution in [-0.2, 0) is 19.1 Å². The van der Waals surface area contributed by atoms with Gasteiger partial charge in [-0.1, -0.05) is 0 Å². The molecule has 0 bridgehead atoms. The molecule has 0 aromatic heterocycles. The van der Waals surface area contributed by atoms with Crippen molar-refractivity contribution in [1.82, 2.24) is 10.2 Å².